The van der Waals surface area contributed by atoms with Gasteiger partial charge in [-0.25, -0.2) is 9.18 Å². The molecule has 0 aromatic carbocycles. The van der Waals surface area contributed by atoms with E-state index in [1.54, 1.807) is 0 Å². The average molecular weight is 359 g/mol. The lowest BCUT2D eigenvalue weighted by Crippen LogP contribution is -2.83. The lowest BCUT2D eigenvalue weighted by molar-refractivity contribution is -0.518. The van der Waals surface area contributed by atoms with Gasteiger partial charge in [-0.15, -0.1) is 0 Å². The number of rotatable bonds is 8. The van der Waals surface area contributed by atoms with E-state index in [1.165, 1.54) is 11.8 Å². The van der Waals surface area contributed by atoms with E-state index in [0.717, 1.165) is 0 Å². The summed E-state index contributed by atoms with van der Waals surface area (Å²) in [5.41, 5.74) is 0. The van der Waals surface area contributed by atoms with Gasteiger partial charge in [-0.05, 0) is 0 Å². The molecule has 23 heavy (non-hydrogen) atoms. The smallest absolute Gasteiger partial charge is 0.397 e. The number of hydrogen-bond acceptors (Lipinski definition) is 8. The highest BCUT2D eigenvalue weighted by Crippen LogP contribution is 2.18. The van der Waals surface area contributed by atoms with Crippen LogP contribution in [0.2, 0.25) is 0 Å². The summed E-state index contributed by atoms with van der Waals surface area (Å²) in [5, 5.41) is 47.7. The Morgan fingerprint density at radius 2 is 2.04 bits per heavy atom. The predicted octanol–water partition coefficient (Wildman–Crippen LogP) is -5.01. The van der Waals surface area contributed by atoms with Crippen LogP contribution in [-0.2, 0) is 14.6 Å². The first kappa shape index (κ1) is 20.2. The van der Waals surface area contributed by atoms with Crippen molar-refractivity contribution in [2.24, 2.45) is 0 Å². The summed E-state index contributed by atoms with van der Waals surface area (Å²) in [4.78, 5) is 4.06. The van der Waals surface area contributed by atoms with Gasteiger partial charge in [0.15, 0.2) is 6.04 Å². The summed E-state index contributed by atoms with van der Waals surface area (Å²) in [7, 11) is -4.86. The molecule has 1 aliphatic rings. The van der Waals surface area contributed by atoms with Gasteiger partial charge < -0.3 is 25.5 Å². The monoisotopic (exact) mass is 359 g/mol. The van der Waals surface area contributed by atoms with E-state index < -0.39 is 54.0 Å². The van der Waals surface area contributed by atoms with Crippen LogP contribution in [0.25, 0.3) is 0 Å². The summed E-state index contributed by atoms with van der Waals surface area (Å²) in [6.07, 6.45) is -4.16. The highest BCUT2D eigenvalue weighted by molar-refractivity contribution is 7.80. The number of aliphatic hydroxyl groups is 5. The third-order valence-electron chi connectivity index (χ3n) is 3.56. The second kappa shape index (κ2) is 8.30. The first-order valence-corrected chi connectivity index (χ1v) is 8.22. The first-order valence-electron chi connectivity index (χ1n) is 6.85. The summed E-state index contributed by atoms with van der Waals surface area (Å²) >= 11 is 0. The number of nitrogens with zero attached hydrogens (tertiary/aromatic N) is 1. The second-order valence-corrected chi connectivity index (χ2v) is 6.39. The van der Waals surface area contributed by atoms with Crippen molar-refractivity contribution in [2.75, 3.05) is 26.3 Å². The van der Waals surface area contributed by atoms with Crippen LogP contribution in [-0.4, -0.2) is 106 Å². The number of β-amino-alcohol motifs (C(OH)–C–C–N with tert-alkyl or cyclic N) is 1. The third kappa shape index (κ3) is 5.93. The fourth-order valence-electron chi connectivity index (χ4n) is 2.54. The number of hydrogen-bond donors (Lipinski definition) is 7. The van der Waals surface area contributed by atoms with E-state index in [-0.39, 0.29) is 19.0 Å². The van der Waals surface area contributed by atoms with Crippen LogP contribution in [0.4, 0.5) is 0 Å². The fourth-order valence-corrected chi connectivity index (χ4v) is 3.04. The first-order chi connectivity index (χ1) is 10.6. The molecule has 11 nitrogen and oxygen atoms in total. The van der Waals surface area contributed by atoms with Crippen molar-refractivity contribution in [1.29, 1.82) is 0 Å². The van der Waals surface area contributed by atoms with Gasteiger partial charge in [0.25, 0.3) is 0 Å². The number of aliphatic hydroxyl groups excluding tert-OH is 5. The van der Waals surface area contributed by atoms with Crippen molar-refractivity contribution < 1.29 is 47.7 Å². The van der Waals surface area contributed by atoms with Gasteiger partial charge in [0.1, 0.15) is 12.2 Å². The molecular formula is C11H23N2O9S+. The van der Waals surface area contributed by atoms with Crippen LogP contribution >= 0.6 is 0 Å². The Morgan fingerprint density at radius 3 is 2.48 bits per heavy atom. The maximum Gasteiger partial charge on any atom is 0.397 e. The Bertz CT molecular complexity index is 508. The number of likely N-dealkylation sites (tertiary alicyclic amines) is 1. The largest absolute Gasteiger partial charge is 0.464 e. The van der Waals surface area contributed by atoms with Crippen LogP contribution in [0.3, 0.4) is 0 Å². The average Bonchev–Trinajstić information content (AvgIpc) is 2.70. The van der Waals surface area contributed by atoms with E-state index >= 15 is 0 Å². The molecule has 0 aromatic rings. The molecule has 0 bridgehead atoms. The molecule has 0 unspecified atom stereocenters. The Kier molecular flexibility index (Phi) is 7.29. The van der Waals surface area contributed by atoms with Gasteiger partial charge in [-0.3, -0.25) is 9.45 Å². The zero-order valence-corrected chi connectivity index (χ0v) is 13.3. The fraction of sp³-hybridized carbons (Fsp3) is 0.909. The van der Waals surface area contributed by atoms with Crippen LogP contribution in [0.5, 0.6) is 0 Å². The van der Waals surface area contributed by atoms with Crippen LogP contribution in [0.15, 0.2) is 0 Å². The van der Waals surface area contributed by atoms with Gasteiger partial charge in [-0.1, -0.05) is 0 Å². The Hall–Kier alpha value is -0.860. The van der Waals surface area contributed by atoms with Gasteiger partial charge in [0, 0.05) is 6.54 Å². The van der Waals surface area contributed by atoms with E-state index in [1.807, 2.05) is 0 Å². The second-order valence-electron chi connectivity index (χ2n) is 5.34. The zero-order chi connectivity index (χ0) is 17.8. The van der Waals surface area contributed by atoms with Crippen molar-refractivity contribution in [2.45, 2.75) is 37.3 Å². The molecule has 0 spiro atoms. The molecule has 1 saturated heterocycles. The molecule has 12 heteroatoms. The van der Waals surface area contributed by atoms with Crippen molar-refractivity contribution in [3.63, 3.8) is 0 Å². The number of nitrogens with one attached hydrogen (secondary N) is 1. The van der Waals surface area contributed by atoms with E-state index in [2.05, 4.69) is 9.18 Å². The van der Waals surface area contributed by atoms with E-state index in [9.17, 15) is 28.8 Å². The molecule has 136 valence electrons. The third-order valence-corrected chi connectivity index (χ3v) is 4.05. The Labute approximate surface area is 133 Å². The van der Waals surface area contributed by atoms with E-state index in [0.29, 0.717) is 0 Å². The summed E-state index contributed by atoms with van der Waals surface area (Å²) < 4.78 is 34.1. The predicted molar refractivity (Wildman–Crippen MR) is 76.0 cm³/mol. The normalized spacial score (nSPS) is 29.7. The molecule has 1 aliphatic heterocycles. The standard InChI is InChI=1S/C11H22N2O9S/c1-6(16)12-7-2-13(8(4-14)11(7)18)3-9(17)10(5-15)22-23(19,20)21/h7-11,14-15,17-18H,2-5H2,1H3,(H,12,16)(H,19,20,21)/p+1/t7-,8-,9-,10+,11+/m1/s1. The van der Waals surface area contributed by atoms with Gasteiger partial charge in [0.2, 0.25) is 0 Å². The summed E-state index contributed by atoms with van der Waals surface area (Å²) in [6.45, 7) is -0.0528. The molecule has 1 heterocycles. The highest BCUT2D eigenvalue weighted by atomic mass is 32.3. The molecule has 1 fully saturated rings. The van der Waals surface area contributed by atoms with Crippen LogP contribution < -0.4 is 4.99 Å². The lowest BCUT2D eigenvalue weighted by atomic mass is 10.1. The minimum atomic E-state index is -4.86. The quantitative estimate of drug-likeness (QED) is 0.126. The molecule has 0 saturated carbocycles. The van der Waals surface area contributed by atoms with Crippen molar-refractivity contribution in [3.05, 3.63) is 0 Å². The minimum absolute atomic E-state index is 0.129. The van der Waals surface area contributed by atoms with Crippen molar-refractivity contribution in [1.82, 2.24) is 4.90 Å². The minimum Gasteiger partial charge on any atom is -0.464 e. The maximum absolute atomic E-state index is 10.7. The Morgan fingerprint density at radius 1 is 1.43 bits per heavy atom. The highest BCUT2D eigenvalue weighted by Gasteiger charge is 2.45. The van der Waals surface area contributed by atoms with Gasteiger partial charge in [0.05, 0.1) is 38.8 Å². The molecule has 0 aliphatic carbocycles. The van der Waals surface area contributed by atoms with Crippen LogP contribution in [0.1, 0.15) is 6.92 Å². The molecule has 7 N–H and O–H groups in total. The summed E-state index contributed by atoms with van der Waals surface area (Å²) in [6, 6.07) is -1.38. The molecule has 0 amide bonds. The topological polar surface area (TPSA) is 182 Å². The van der Waals surface area contributed by atoms with Gasteiger partial charge in [-0.2, -0.15) is 8.42 Å². The van der Waals surface area contributed by atoms with Gasteiger partial charge >= 0.3 is 16.3 Å². The molecule has 0 radical (unpaired) electrons. The lowest BCUT2D eigenvalue weighted by Gasteiger charge is -2.28. The van der Waals surface area contributed by atoms with Crippen LogP contribution in [0, 0.1) is 0 Å². The maximum atomic E-state index is 10.7. The molecule has 1 rings (SSSR count). The molecular weight excluding hydrogens is 336 g/mol. The van der Waals surface area contributed by atoms with Crippen molar-refractivity contribution in [3.8, 4) is 0 Å². The summed E-state index contributed by atoms with van der Waals surface area (Å²) in [5.74, 6) is -0.129. The molecule has 5 atom stereocenters. The molecule has 0 aromatic heterocycles. The zero-order valence-electron chi connectivity index (χ0n) is 12.5. The Balaban J connectivity index is 2.79. The SMILES string of the molecule is CC(O)=[NH+][C@@H]1CN(C[C@@H](O)[C@H](CO)OS(=O)(=O)O)[C@H](CO)[C@H]1O. The van der Waals surface area contributed by atoms with E-state index in [4.69, 9.17) is 9.66 Å². The van der Waals surface area contributed by atoms with Crippen molar-refractivity contribution >= 4 is 16.3 Å².